The lowest BCUT2D eigenvalue weighted by Crippen LogP contribution is -2.49. The Morgan fingerprint density at radius 1 is 1.20 bits per heavy atom. The van der Waals surface area contributed by atoms with Crippen LogP contribution in [0.1, 0.15) is 65.9 Å². The molecule has 3 rings (SSSR count). The topological polar surface area (TPSA) is 76.0 Å². The summed E-state index contributed by atoms with van der Waals surface area (Å²) in [5.74, 6) is 0.650. The minimum absolute atomic E-state index is 0.0717. The Morgan fingerprint density at radius 2 is 1.86 bits per heavy atom. The first-order valence-electron chi connectivity index (χ1n) is 13.1. The van der Waals surface area contributed by atoms with Gasteiger partial charge in [0, 0.05) is 13.0 Å². The molecule has 4 atom stereocenters. The lowest BCUT2D eigenvalue weighted by atomic mass is 9.68. The van der Waals surface area contributed by atoms with E-state index in [9.17, 15) is 15.0 Å². The Labute approximate surface area is 213 Å². The second-order valence-corrected chi connectivity index (χ2v) is 17.5. The van der Waals surface area contributed by atoms with Crippen LogP contribution in [0.2, 0.25) is 18.1 Å². The first kappa shape index (κ1) is 28.3. The van der Waals surface area contributed by atoms with E-state index < -0.39 is 25.4 Å². The molecule has 0 aliphatic heterocycles. The third kappa shape index (κ3) is 5.37. The van der Waals surface area contributed by atoms with Crippen LogP contribution in [0.5, 0.6) is 0 Å². The minimum atomic E-state index is -1.97. The van der Waals surface area contributed by atoms with E-state index in [0.717, 1.165) is 18.4 Å². The molecular weight excluding hydrogens is 456 g/mol. The Hall–Kier alpha value is -1.31. The molecule has 1 aromatic carbocycles. The fourth-order valence-corrected chi connectivity index (χ4v) is 6.58. The van der Waals surface area contributed by atoms with Crippen LogP contribution >= 0.6 is 0 Å². The molecule has 0 saturated heterocycles. The zero-order valence-corrected chi connectivity index (χ0v) is 23.8. The molecule has 2 N–H and O–H groups in total. The van der Waals surface area contributed by atoms with Crippen molar-refractivity contribution in [1.29, 1.82) is 0 Å². The number of rotatable bonds is 11. The first-order valence-corrected chi connectivity index (χ1v) is 16.0. The van der Waals surface area contributed by atoms with Gasteiger partial charge in [0.05, 0.1) is 24.7 Å². The van der Waals surface area contributed by atoms with Crippen molar-refractivity contribution in [2.75, 3.05) is 13.2 Å². The summed E-state index contributed by atoms with van der Waals surface area (Å²) in [4.78, 5) is 13.1. The molecule has 0 aromatic heterocycles. The van der Waals surface area contributed by atoms with Crippen molar-refractivity contribution in [3.63, 3.8) is 0 Å². The number of Topliss-reactive ketones (excluding diaryl/α,β-unsaturated/α-hetero) is 1. The number of aliphatic hydroxyl groups excluding tert-OH is 2. The summed E-state index contributed by atoms with van der Waals surface area (Å²) in [6.45, 7) is 15.5. The lowest BCUT2D eigenvalue weighted by molar-refractivity contribution is -0.131. The largest absolute Gasteiger partial charge is 0.417 e. The van der Waals surface area contributed by atoms with E-state index in [0.29, 0.717) is 25.4 Å². The molecule has 5 nitrogen and oxygen atoms in total. The van der Waals surface area contributed by atoms with Crippen LogP contribution in [-0.4, -0.2) is 49.2 Å². The quantitative estimate of drug-likeness (QED) is 0.302. The monoisotopic (exact) mass is 502 g/mol. The zero-order chi connectivity index (χ0) is 26.1. The highest BCUT2D eigenvalue weighted by Gasteiger charge is 2.63. The fraction of sp³-hybridized carbons (Fsp3) is 0.690. The lowest BCUT2D eigenvalue weighted by Gasteiger charge is -2.39. The number of carbonyl (C=O) groups is 1. The van der Waals surface area contributed by atoms with Crippen molar-refractivity contribution >= 4 is 14.1 Å². The number of ether oxygens (including phenoxy) is 1. The van der Waals surface area contributed by atoms with Crippen LogP contribution in [-0.2, 0) is 20.6 Å². The molecule has 2 aliphatic rings. The third-order valence-electron chi connectivity index (χ3n) is 9.46. The molecular formula is C29H46O5Si. The standard InChI is InChI=1S/C29H46O5Si/c1-26(2,3)35(6,7)34-18-14-24(31)29(21-30,33-20-22-11-9-8-10-12-22)17-16-28-15-13-23(19-25(28)32)27(28,4)5/h8-12,16-17,23-24,30-31H,13-15,18-21H2,1-7H3/b17-16+/t23-,24-,28-,29+/m1/s1. The smallest absolute Gasteiger partial charge is 0.191 e. The maximum atomic E-state index is 13.1. The summed E-state index contributed by atoms with van der Waals surface area (Å²) < 4.78 is 12.6. The summed E-state index contributed by atoms with van der Waals surface area (Å²) in [5.41, 5.74) is -1.07. The van der Waals surface area contributed by atoms with Crippen molar-refractivity contribution in [1.82, 2.24) is 0 Å². The second-order valence-electron chi connectivity index (χ2n) is 12.7. The molecule has 2 saturated carbocycles. The Kier molecular flexibility index (Phi) is 8.25. The van der Waals surface area contributed by atoms with E-state index in [4.69, 9.17) is 9.16 Å². The second kappa shape index (κ2) is 10.2. The molecule has 0 unspecified atom stereocenters. The maximum absolute atomic E-state index is 13.1. The highest BCUT2D eigenvalue weighted by molar-refractivity contribution is 6.74. The zero-order valence-electron chi connectivity index (χ0n) is 22.8. The molecule has 0 amide bonds. The van der Waals surface area contributed by atoms with Crippen LogP contribution in [0.3, 0.4) is 0 Å². The van der Waals surface area contributed by atoms with E-state index in [1.807, 2.05) is 36.4 Å². The molecule has 0 spiro atoms. The molecule has 0 radical (unpaired) electrons. The normalized spacial score (nSPS) is 26.9. The fourth-order valence-electron chi connectivity index (χ4n) is 5.52. The van der Waals surface area contributed by atoms with Gasteiger partial charge in [-0.15, -0.1) is 0 Å². The number of aliphatic hydroxyl groups is 2. The Balaban J connectivity index is 1.85. The average Bonchev–Trinajstić information content (AvgIpc) is 3.14. The number of fused-ring (bicyclic) bond motifs is 2. The molecule has 35 heavy (non-hydrogen) atoms. The van der Waals surface area contributed by atoms with Gasteiger partial charge in [-0.2, -0.15) is 0 Å². The molecule has 6 heteroatoms. The van der Waals surface area contributed by atoms with Crippen molar-refractivity contribution in [2.45, 2.75) is 96.7 Å². The first-order chi connectivity index (χ1) is 16.2. The number of carbonyl (C=O) groups excluding carboxylic acids is 1. The maximum Gasteiger partial charge on any atom is 0.191 e. The molecule has 2 aliphatic carbocycles. The Morgan fingerprint density at radius 3 is 2.37 bits per heavy atom. The van der Waals surface area contributed by atoms with Crippen molar-refractivity contribution < 1.29 is 24.2 Å². The van der Waals surface area contributed by atoms with Crippen LogP contribution in [0.25, 0.3) is 0 Å². The number of hydrogen-bond donors (Lipinski definition) is 2. The van der Waals surface area contributed by atoms with E-state index in [2.05, 4.69) is 47.7 Å². The summed E-state index contributed by atoms with van der Waals surface area (Å²) in [6, 6.07) is 9.75. The van der Waals surface area contributed by atoms with Gasteiger partial charge in [-0.05, 0) is 54.3 Å². The summed E-state index contributed by atoms with van der Waals surface area (Å²) in [7, 11) is -1.97. The molecule has 2 bridgehead atoms. The van der Waals surface area contributed by atoms with Gasteiger partial charge in [-0.3, -0.25) is 4.79 Å². The number of ketones is 1. The van der Waals surface area contributed by atoms with Crippen LogP contribution < -0.4 is 0 Å². The minimum Gasteiger partial charge on any atom is -0.417 e. The molecule has 2 fully saturated rings. The predicted octanol–water partition coefficient (Wildman–Crippen LogP) is 5.66. The summed E-state index contributed by atoms with van der Waals surface area (Å²) in [6.07, 6.45) is 5.55. The van der Waals surface area contributed by atoms with Gasteiger partial charge >= 0.3 is 0 Å². The van der Waals surface area contributed by atoms with Gasteiger partial charge in [0.15, 0.2) is 8.32 Å². The van der Waals surface area contributed by atoms with E-state index in [1.165, 1.54) is 0 Å². The van der Waals surface area contributed by atoms with E-state index in [-0.39, 0.29) is 29.5 Å². The van der Waals surface area contributed by atoms with Gasteiger partial charge in [0.25, 0.3) is 0 Å². The van der Waals surface area contributed by atoms with Crippen molar-refractivity contribution in [3.8, 4) is 0 Å². The van der Waals surface area contributed by atoms with E-state index in [1.54, 1.807) is 6.08 Å². The van der Waals surface area contributed by atoms with Gasteiger partial charge in [-0.1, -0.05) is 77.1 Å². The average molecular weight is 503 g/mol. The molecule has 1 aromatic rings. The van der Waals surface area contributed by atoms with Gasteiger partial charge in [0.1, 0.15) is 11.4 Å². The van der Waals surface area contributed by atoms with Crippen LogP contribution in [0, 0.1) is 16.7 Å². The number of hydrogen-bond acceptors (Lipinski definition) is 5. The highest BCUT2D eigenvalue weighted by Crippen LogP contribution is 2.64. The van der Waals surface area contributed by atoms with Crippen molar-refractivity contribution in [2.24, 2.45) is 16.7 Å². The van der Waals surface area contributed by atoms with E-state index >= 15 is 0 Å². The molecule has 0 heterocycles. The van der Waals surface area contributed by atoms with Gasteiger partial charge in [-0.25, -0.2) is 0 Å². The van der Waals surface area contributed by atoms with Gasteiger partial charge in [0.2, 0.25) is 0 Å². The number of allylic oxidation sites excluding steroid dienone is 1. The third-order valence-corrected chi connectivity index (χ3v) is 14.0. The predicted molar refractivity (Wildman–Crippen MR) is 143 cm³/mol. The number of benzene rings is 1. The Bertz CT molecular complexity index is 903. The summed E-state index contributed by atoms with van der Waals surface area (Å²) >= 11 is 0. The summed E-state index contributed by atoms with van der Waals surface area (Å²) in [5, 5.41) is 22.1. The van der Waals surface area contributed by atoms with Crippen LogP contribution in [0.15, 0.2) is 42.5 Å². The van der Waals surface area contributed by atoms with Crippen molar-refractivity contribution in [3.05, 3.63) is 48.0 Å². The molecule has 196 valence electrons. The van der Waals surface area contributed by atoms with Gasteiger partial charge < -0.3 is 19.4 Å². The SMILES string of the molecule is CC1(C)[C@@H]2CC[C@@]1(/C=C/[C@@](CO)(OCc1ccccc1)[C@H](O)CCO[Si](C)(C)C(C)(C)C)C(=O)C2. The van der Waals surface area contributed by atoms with Crippen LogP contribution in [0.4, 0.5) is 0 Å². The highest BCUT2D eigenvalue weighted by atomic mass is 28.4.